The molecular weight excluding hydrogens is 388 g/mol. The highest BCUT2D eigenvalue weighted by Gasteiger charge is 2.21. The van der Waals surface area contributed by atoms with Gasteiger partial charge in [-0.25, -0.2) is 4.98 Å². The average Bonchev–Trinajstić information content (AvgIpc) is 3.31. The van der Waals surface area contributed by atoms with Gasteiger partial charge in [0.05, 0.1) is 36.1 Å². The standard InChI is InChI=1S/C22H24N2O4S/c1-13-24-17-9-16(15-4-5-18(26-2)19(10-15)27-3)11-20(22(17)29-13)28-7-6-14-8-21(25)23-12-14/h4-5,9-11,14H,6-8,12H2,1-3H3,(H,23,25)/t14-/m1/s1. The Hall–Kier alpha value is -2.80. The summed E-state index contributed by atoms with van der Waals surface area (Å²) in [5, 5.41) is 3.88. The average molecular weight is 413 g/mol. The van der Waals surface area contributed by atoms with Crippen molar-refractivity contribution in [3.8, 4) is 28.4 Å². The van der Waals surface area contributed by atoms with Gasteiger partial charge in [-0.05, 0) is 54.7 Å². The molecule has 152 valence electrons. The fourth-order valence-corrected chi connectivity index (χ4v) is 4.47. The zero-order valence-electron chi connectivity index (χ0n) is 16.8. The predicted molar refractivity (Wildman–Crippen MR) is 114 cm³/mol. The number of amides is 1. The number of benzene rings is 2. The molecule has 1 N–H and O–H groups in total. The van der Waals surface area contributed by atoms with Crippen LogP contribution in [0.4, 0.5) is 0 Å². The fourth-order valence-electron chi connectivity index (χ4n) is 3.61. The van der Waals surface area contributed by atoms with Gasteiger partial charge in [0.2, 0.25) is 5.91 Å². The lowest BCUT2D eigenvalue weighted by Crippen LogP contribution is -2.14. The number of carbonyl (C=O) groups excluding carboxylic acids is 1. The first-order valence-corrected chi connectivity index (χ1v) is 10.4. The maximum Gasteiger partial charge on any atom is 0.220 e. The van der Waals surface area contributed by atoms with Gasteiger partial charge in [0.1, 0.15) is 5.75 Å². The van der Waals surface area contributed by atoms with E-state index >= 15 is 0 Å². The van der Waals surface area contributed by atoms with E-state index in [1.807, 2.05) is 25.1 Å². The Bertz CT molecular complexity index is 1050. The maximum atomic E-state index is 11.4. The van der Waals surface area contributed by atoms with Gasteiger partial charge in [0, 0.05) is 13.0 Å². The maximum absolute atomic E-state index is 11.4. The van der Waals surface area contributed by atoms with E-state index in [0.29, 0.717) is 30.4 Å². The number of nitrogens with zero attached hydrogens (tertiary/aromatic N) is 1. The van der Waals surface area contributed by atoms with Crippen LogP contribution in [0.3, 0.4) is 0 Å². The molecule has 1 saturated heterocycles. The van der Waals surface area contributed by atoms with Crippen molar-refractivity contribution < 1.29 is 19.0 Å². The first kappa shape index (κ1) is 19.5. The second kappa shape index (κ2) is 8.29. The summed E-state index contributed by atoms with van der Waals surface area (Å²) in [5.74, 6) is 2.68. The van der Waals surface area contributed by atoms with Gasteiger partial charge in [-0.3, -0.25) is 4.79 Å². The lowest BCUT2D eigenvalue weighted by Gasteiger charge is -2.13. The van der Waals surface area contributed by atoms with Crippen LogP contribution in [0.2, 0.25) is 0 Å². The molecule has 0 aliphatic carbocycles. The van der Waals surface area contributed by atoms with Gasteiger partial charge < -0.3 is 19.5 Å². The highest BCUT2D eigenvalue weighted by Crippen LogP contribution is 2.38. The van der Waals surface area contributed by atoms with E-state index in [4.69, 9.17) is 14.2 Å². The van der Waals surface area contributed by atoms with Crippen LogP contribution in [0.5, 0.6) is 17.2 Å². The third kappa shape index (κ3) is 4.15. The van der Waals surface area contributed by atoms with Crippen molar-refractivity contribution in [2.45, 2.75) is 19.8 Å². The molecular formula is C22H24N2O4S. The second-order valence-electron chi connectivity index (χ2n) is 7.14. The number of nitrogens with one attached hydrogen (secondary N) is 1. The van der Waals surface area contributed by atoms with E-state index in [2.05, 4.69) is 22.4 Å². The summed E-state index contributed by atoms with van der Waals surface area (Å²) in [5.41, 5.74) is 2.94. The number of carbonyl (C=O) groups is 1. The number of methoxy groups -OCH3 is 2. The molecule has 1 aromatic heterocycles. The Morgan fingerprint density at radius 1 is 1.10 bits per heavy atom. The molecule has 0 spiro atoms. The lowest BCUT2D eigenvalue weighted by atomic mass is 10.0. The Morgan fingerprint density at radius 3 is 2.62 bits per heavy atom. The quantitative estimate of drug-likeness (QED) is 0.630. The molecule has 0 saturated carbocycles. The number of hydrogen-bond donors (Lipinski definition) is 1. The first-order chi connectivity index (χ1) is 14.1. The minimum absolute atomic E-state index is 0.130. The number of rotatable bonds is 7. The van der Waals surface area contributed by atoms with E-state index in [9.17, 15) is 4.79 Å². The van der Waals surface area contributed by atoms with Crippen molar-refractivity contribution in [3.63, 3.8) is 0 Å². The molecule has 3 aromatic rings. The van der Waals surface area contributed by atoms with Crippen LogP contribution >= 0.6 is 11.3 Å². The van der Waals surface area contributed by atoms with Crippen LogP contribution in [-0.2, 0) is 4.79 Å². The van der Waals surface area contributed by atoms with Gasteiger partial charge in [-0.15, -0.1) is 11.3 Å². The Kier molecular flexibility index (Phi) is 5.58. The van der Waals surface area contributed by atoms with Crippen LogP contribution in [0.1, 0.15) is 17.8 Å². The molecule has 4 rings (SSSR count). The van der Waals surface area contributed by atoms with Gasteiger partial charge in [-0.2, -0.15) is 0 Å². The molecule has 0 unspecified atom stereocenters. The van der Waals surface area contributed by atoms with Crippen LogP contribution in [-0.4, -0.2) is 38.3 Å². The van der Waals surface area contributed by atoms with Gasteiger partial charge >= 0.3 is 0 Å². The van der Waals surface area contributed by atoms with E-state index in [1.165, 1.54) is 0 Å². The summed E-state index contributed by atoms with van der Waals surface area (Å²) in [6.45, 7) is 3.31. The third-order valence-corrected chi connectivity index (χ3v) is 6.13. The van der Waals surface area contributed by atoms with Crippen molar-refractivity contribution >= 4 is 27.5 Å². The summed E-state index contributed by atoms with van der Waals surface area (Å²) in [6.07, 6.45) is 1.43. The summed E-state index contributed by atoms with van der Waals surface area (Å²) in [4.78, 5) is 16.0. The normalized spacial score (nSPS) is 16.1. The molecule has 29 heavy (non-hydrogen) atoms. The van der Waals surface area contributed by atoms with Gasteiger partial charge in [-0.1, -0.05) is 6.07 Å². The number of fused-ring (bicyclic) bond motifs is 1. The predicted octanol–water partition coefficient (Wildman–Crippen LogP) is 4.19. The molecule has 7 heteroatoms. The SMILES string of the molecule is COc1ccc(-c2cc(OCC[C@H]3CNC(=O)C3)c3sc(C)nc3c2)cc1OC. The largest absolute Gasteiger partial charge is 0.493 e. The molecule has 6 nitrogen and oxygen atoms in total. The minimum Gasteiger partial charge on any atom is -0.493 e. The lowest BCUT2D eigenvalue weighted by molar-refractivity contribution is -0.119. The number of aromatic nitrogens is 1. The van der Waals surface area contributed by atoms with Crippen molar-refractivity contribution in [2.75, 3.05) is 27.4 Å². The topological polar surface area (TPSA) is 69.7 Å². The summed E-state index contributed by atoms with van der Waals surface area (Å²) >= 11 is 1.63. The van der Waals surface area contributed by atoms with E-state index in [0.717, 1.165) is 45.1 Å². The summed E-state index contributed by atoms with van der Waals surface area (Å²) in [7, 11) is 3.26. The molecule has 1 aliphatic heterocycles. The van der Waals surface area contributed by atoms with Crippen molar-refractivity contribution in [2.24, 2.45) is 5.92 Å². The van der Waals surface area contributed by atoms with Gasteiger partial charge in [0.25, 0.3) is 0 Å². The van der Waals surface area contributed by atoms with E-state index in [1.54, 1.807) is 25.6 Å². The number of hydrogen-bond acceptors (Lipinski definition) is 6. The summed E-state index contributed by atoms with van der Waals surface area (Å²) < 4.78 is 18.0. The van der Waals surface area contributed by atoms with E-state index in [-0.39, 0.29) is 5.91 Å². The van der Waals surface area contributed by atoms with Crippen molar-refractivity contribution in [1.82, 2.24) is 10.3 Å². The molecule has 1 atom stereocenters. The van der Waals surface area contributed by atoms with Crippen LogP contribution < -0.4 is 19.5 Å². The fraction of sp³-hybridized carbons (Fsp3) is 0.364. The van der Waals surface area contributed by atoms with Crippen molar-refractivity contribution in [3.05, 3.63) is 35.3 Å². The zero-order valence-corrected chi connectivity index (χ0v) is 17.6. The molecule has 0 radical (unpaired) electrons. The van der Waals surface area contributed by atoms with Gasteiger partial charge in [0.15, 0.2) is 11.5 Å². The molecule has 1 aliphatic rings. The number of ether oxygens (including phenoxy) is 3. The Labute approximate surface area is 173 Å². The molecule has 2 heterocycles. The molecule has 1 fully saturated rings. The second-order valence-corrected chi connectivity index (χ2v) is 8.34. The highest BCUT2D eigenvalue weighted by molar-refractivity contribution is 7.18. The molecule has 1 amide bonds. The minimum atomic E-state index is 0.130. The monoisotopic (exact) mass is 412 g/mol. The number of thiazole rings is 1. The van der Waals surface area contributed by atoms with Crippen LogP contribution in [0.15, 0.2) is 30.3 Å². The van der Waals surface area contributed by atoms with Crippen LogP contribution in [0, 0.1) is 12.8 Å². The summed E-state index contributed by atoms with van der Waals surface area (Å²) in [6, 6.07) is 9.99. The smallest absolute Gasteiger partial charge is 0.220 e. The zero-order chi connectivity index (χ0) is 20.4. The van der Waals surface area contributed by atoms with E-state index < -0.39 is 0 Å². The van der Waals surface area contributed by atoms with Crippen molar-refractivity contribution in [1.29, 1.82) is 0 Å². The van der Waals surface area contributed by atoms with Crippen LogP contribution in [0.25, 0.3) is 21.3 Å². The highest BCUT2D eigenvalue weighted by atomic mass is 32.1. The number of aryl methyl sites for hydroxylation is 1. The Balaban J connectivity index is 1.62. The Morgan fingerprint density at radius 2 is 1.90 bits per heavy atom. The first-order valence-electron chi connectivity index (χ1n) is 9.60. The molecule has 0 bridgehead atoms. The molecule has 2 aromatic carbocycles. The third-order valence-electron chi connectivity index (χ3n) is 5.13.